The standard InChI is InChI=1S/C19H27N3O3/c23-19(21-16-2-1-5-20-9-16)8-15-13-25-18-12-22(11-17(15)18)10-14-3-6-24-7-4-14/h1-2,5,9,14-15,17-18H,3-4,6-8,10-13H2,(H,21,23)/t15-,17-,18-/m1/s1. The van der Waals surface area contributed by atoms with E-state index in [1.165, 1.54) is 12.8 Å². The number of aromatic nitrogens is 1. The molecule has 6 heteroatoms. The molecule has 1 aromatic rings. The highest BCUT2D eigenvalue weighted by Crippen LogP contribution is 2.36. The lowest BCUT2D eigenvalue weighted by molar-refractivity contribution is -0.117. The van der Waals surface area contributed by atoms with Crippen LogP contribution in [0.5, 0.6) is 0 Å². The Kier molecular flexibility index (Phi) is 5.29. The zero-order chi connectivity index (χ0) is 17.1. The van der Waals surface area contributed by atoms with E-state index in [4.69, 9.17) is 9.47 Å². The molecule has 0 aliphatic carbocycles. The summed E-state index contributed by atoms with van der Waals surface area (Å²) in [4.78, 5) is 18.9. The number of nitrogens with one attached hydrogen (secondary N) is 1. The number of carbonyl (C=O) groups excluding carboxylic acids is 1. The molecule has 3 atom stereocenters. The zero-order valence-corrected chi connectivity index (χ0v) is 14.6. The van der Waals surface area contributed by atoms with Crippen molar-refractivity contribution in [3.8, 4) is 0 Å². The number of rotatable bonds is 5. The quantitative estimate of drug-likeness (QED) is 0.881. The van der Waals surface area contributed by atoms with E-state index in [-0.39, 0.29) is 5.91 Å². The summed E-state index contributed by atoms with van der Waals surface area (Å²) in [5.74, 6) is 1.62. The van der Waals surface area contributed by atoms with Gasteiger partial charge in [-0.2, -0.15) is 0 Å². The number of ether oxygens (including phenoxy) is 2. The number of hydrogen-bond donors (Lipinski definition) is 1. The van der Waals surface area contributed by atoms with Gasteiger partial charge in [-0.15, -0.1) is 0 Å². The van der Waals surface area contributed by atoms with Crippen LogP contribution in [-0.2, 0) is 14.3 Å². The number of fused-ring (bicyclic) bond motifs is 1. The highest BCUT2D eigenvalue weighted by molar-refractivity contribution is 5.90. The normalized spacial score (nSPS) is 30.3. The van der Waals surface area contributed by atoms with Crippen molar-refractivity contribution in [3.05, 3.63) is 24.5 Å². The molecule has 0 radical (unpaired) electrons. The van der Waals surface area contributed by atoms with Crippen LogP contribution in [0.2, 0.25) is 0 Å². The van der Waals surface area contributed by atoms with Gasteiger partial charge in [0.15, 0.2) is 0 Å². The maximum absolute atomic E-state index is 12.3. The second-order valence-corrected chi connectivity index (χ2v) is 7.56. The Morgan fingerprint density at radius 2 is 2.20 bits per heavy atom. The van der Waals surface area contributed by atoms with Crippen LogP contribution in [0.25, 0.3) is 0 Å². The third-order valence-electron chi connectivity index (χ3n) is 5.76. The van der Waals surface area contributed by atoms with Crippen LogP contribution < -0.4 is 5.32 Å². The van der Waals surface area contributed by atoms with Gasteiger partial charge >= 0.3 is 0 Å². The van der Waals surface area contributed by atoms with Crippen LogP contribution in [0.4, 0.5) is 5.69 Å². The largest absolute Gasteiger partial charge is 0.381 e. The number of anilines is 1. The molecule has 0 aromatic carbocycles. The number of hydrogen-bond acceptors (Lipinski definition) is 5. The fourth-order valence-corrected chi connectivity index (χ4v) is 4.42. The van der Waals surface area contributed by atoms with Crippen LogP contribution >= 0.6 is 0 Å². The first-order valence-corrected chi connectivity index (χ1v) is 9.39. The van der Waals surface area contributed by atoms with Crippen molar-refractivity contribution in [3.63, 3.8) is 0 Å². The molecule has 0 unspecified atom stereocenters. The topological polar surface area (TPSA) is 63.7 Å². The molecule has 4 rings (SSSR count). The second kappa shape index (κ2) is 7.81. The smallest absolute Gasteiger partial charge is 0.224 e. The van der Waals surface area contributed by atoms with E-state index in [1.807, 2.05) is 12.1 Å². The molecular formula is C19H27N3O3. The maximum Gasteiger partial charge on any atom is 0.224 e. The molecule has 0 bridgehead atoms. The van der Waals surface area contributed by atoms with Gasteiger partial charge in [0.25, 0.3) is 0 Å². The summed E-state index contributed by atoms with van der Waals surface area (Å²) in [5.41, 5.74) is 0.760. The Morgan fingerprint density at radius 1 is 1.32 bits per heavy atom. The number of amides is 1. The molecule has 1 aromatic heterocycles. The van der Waals surface area contributed by atoms with E-state index in [0.717, 1.165) is 44.5 Å². The molecule has 136 valence electrons. The SMILES string of the molecule is O=C(C[C@@H]1CO[C@@H]2CN(CC3CCOCC3)C[C@H]12)Nc1cccnc1. The van der Waals surface area contributed by atoms with Crippen molar-refractivity contribution in [2.24, 2.45) is 17.8 Å². The molecule has 1 amide bonds. The van der Waals surface area contributed by atoms with Crippen molar-refractivity contribution in [1.82, 2.24) is 9.88 Å². The number of pyridine rings is 1. The van der Waals surface area contributed by atoms with Gasteiger partial charge in [-0.05, 0) is 36.8 Å². The Labute approximate surface area is 148 Å². The van der Waals surface area contributed by atoms with Gasteiger partial charge in [-0.25, -0.2) is 0 Å². The Bertz CT molecular complexity index is 577. The predicted molar refractivity (Wildman–Crippen MR) is 94.2 cm³/mol. The summed E-state index contributed by atoms with van der Waals surface area (Å²) in [7, 11) is 0. The first-order valence-electron chi connectivity index (χ1n) is 9.39. The van der Waals surface area contributed by atoms with Gasteiger partial charge in [-0.3, -0.25) is 9.78 Å². The average molecular weight is 345 g/mol. The van der Waals surface area contributed by atoms with Gasteiger partial charge in [0.05, 0.1) is 24.6 Å². The van der Waals surface area contributed by atoms with Crippen molar-refractivity contribution in [2.45, 2.75) is 25.4 Å². The second-order valence-electron chi connectivity index (χ2n) is 7.56. The van der Waals surface area contributed by atoms with Crippen LogP contribution in [-0.4, -0.2) is 61.3 Å². The lowest BCUT2D eigenvalue weighted by Crippen LogP contribution is -2.33. The first-order chi connectivity index (χ1) is 12.3. The van der Waals surface area contributed by atoms with Crippen molar-refractivity contribution >= 4 is 11.6 Å². The van der Waals surface area contributed by atoms with Crippen LogP contribution in [0.1, 0.15) is 19.3 Å². The van der Waals surface area contributed by atoms with Gasteiger partial charge in [-0.1, -0.05) is 0 Å². The molecule has 3 aliphatic heterocycles. The molecule has 3 aliphatic rings. The maximum atomic E-state index is 12.3. The Balaban J connectivity index is 1.27. The summed E-state index contributed by atoms with van der Waals surface area (Å²) < 4.78 is 11.5. The monoisotopic (exact) mass is 345 g/mol. The fourth-order valence-electron chi connectivity index (χ4n) is 4.42. The molecule has 0 saturated carbocycles. The zero-order valence-electron chi connectivity index (χ0n) is 14.6. The highest BCUT2D eigenvalue weighted by atomic mass is 16.5. The van der Waals surface area contributed by atoms with E-state index >= 15 is 0 Å². The van der Waals surface area contributed by atoms with Crippen LogP contribution in [0.15, 0.2) is 24.5 Å². The van der Waals surface area contributed by atoms with Crippen LogP contribution in [0.3, 0.4) is 0 Å². The fraction of sp³-hybridized carbons (Fsp3) is 0.684. The Morgan fingerprint density at radius 3 is 3.00 bits per heavy atom. The van der Waals surface area contributed by atoms with Gasteiger partial charge in [0.2, 0.25) is 5.91 Å². The average Bonchev–Trinajstić information content (AvgIpc) is 3.18. The minimum absolute atomic E-state index is 0.0603. The summed E-state index contributed by atoms with van der Waals surface area (Å²) in [6.07, 6.45) is 6.55. The minimum Gasteiger partial charge on any atom is -0.381 e. The highest BCUT2D eigenvalue weighted by Gasteiger charge is 2.44. The Hall–Kier alpha value is -1.50. The predicted octanol–water partition coefficient (Wildman–Crippen LogP) is 1.78. The summed E-state index contributed by atoms with van der Waals surface area (Å²) in [6, 6.07) is 3.69. The van der Waals surface area contributed by atoms with E-state index in [1.54, 1.807) is 12.4 Å². The number of nitrogens with zero attached hydrogens (tertiary/aromatic N) is 2. The molecular weight excluding hydrogens is 318 g/mol. The van der Waals surface area contributed by atoms with Gasteiger partial charge in [0.1, 0.15) is 0 Å². The summed E-state index contributed by atoms with van der Waals surface area (Å²) in [6.45, 7) is 5.74. The number of carbonyl (C=O) groups is 1. The van der Waals surface area contributed by atoms with Crippen LogP contribution in [0, 0.1) is 17.8 Å². The lowest BCUT2D eigenvalue weighted by atomic mass is 9.90. The van der Waals surface area contributed by atoms with E-state index in [0.29, 0.717) is 31.0 Å². The summed E-state index contributed by atoms with van der Waals surface area (Å²) >= 11 is 0. The molecule has 6 nitrogen and oxygen atoms in total. The molecule has 1 N–H and O–H groups in total. The summed E-state index contributed by atoms with van der Waals surface area (Å²) in [5, 5.41) is 2.94. The van der Waals surface area contributed by atoms with Crippen molar-refractivity contribution in [2.75, 3.05) is 44.8 Å². The van der Waals surface area contributed by atoms with E-state index in [2.05, 4.69) is 15.2 Å². The van der Waals surface area contributed by atoms with E-state index < -0.39 is 0 Å². The number of likely N-dealkylation sites (tertiary alicyclic amines) is 1. The first kappa shape index (κ1) is 16.9. The molecule has 0 spiro atoms. The van der Waals surface area contributed by atoms with Crippen molar-refractivity contribution < 1.29 is 14.3 Å². The van der Waals surface area contributed by atoms with E-state index in [9.17, 15) is 4.79 Å². The third kappa shape index (κ3) is 4.19. The lowest BCUT2D eigenvalue weighted by Gasteiger charge is -2.27. The molecule has 4 heterocycles. The third-order valence-corrected chi connectivity index (χ3v) is 5.76. The van der Waals surface area contributed by atoms with Crippen molar-refractivity contribution in [1.29, 1.82) is 0 Å². The molecule has 25 heavy (non-hydrogen) atoms. The molecule has 3 fully saturated rings. The van der Waals surface area contributed by atoms with Gasteiger partial charge < -0.3 is 19.7 Å². The van der Waals surface area contributed by atoms with Gasteiger partial charge in [0, 0.05) is 51.4 Å². The molecule has 3 saturated heterocycles. The minimum atomic E-state index is 0.0603.